The van der Waals surface area contributed by atoms with Gasteiger partial charge in [0.1, 0.15) is 6.04 Å². The fraction of sp³-hybridized carbons (Fsp3) is 0.833. The van der Waals surface area contributed by atoms with Crippen molar-refractivity contribution >= 4 is 5.97 Å². The van der Waals surface area contributed by atoms with Crippen LogP contribution in [0.1, 0.15) is 40.0 Å². The third kappa shape index (κ3) is 5.72. The minimum Gasteiger partial charge on any atom is -0.468 e. The van der Waals surface area contributed by atoms with Crippen molar-refractivity contribution in [2.45, 2.75) is 52.1 Å². The number of esters is 1. The van der Waals surface area contributed by atoms with Crippen LogP contribution in [0.3, 0.4) is 0 Å². The second kappa shape index (κ2) is 8.12. The fourth-order valence-corrected chi connectivity index (χ4v) is 1.56. The smallest absolute Gasteiger partial charge is 0.322 e. The molecule has 0 heterocycles. The molecule has 4 nitrogen and oxygen atoms in total. The monoisotopic (exact) mass is 226 g/mol. The van der Waals surface area contributed by atoms with Crippen molar-refractivity contribution in [3.63, 3.8) is 0 Å². The Morgan fingerprint density at radius 1 is 1.50 bits per heavy atom. The van der Waals surface area contributed by atoms with Crippen molar-refractivity contribution in [3.8, 4) is 6.07 Å². The summed E-state index contributed by atoms with van der Waals surface area (Å²) in [7, 11) is 1.39. The summed E-state index contributed by atoms with van der Waals surface area (Å²) in [4.78, 5) is 11.5. The van der Waals surface area contributed by atoms with E-state index in [4.69, 9.17) is 10.00 Å². The van der Waals surface area contributed by atoms with Crippen LogP contribution in [0.15, 0.2) is 0 Å². The summed E-state index contributed by atoms with van der Waals surface area (Å²) in [6.07, 6.45) is 1.98. The third-order valence-electron chi connectivity index (χ3n) is 2.46. The van der Waals surface area contributed by atoms with E-state index in [9.17, 15) is 4.79 Å². The number of rotatable bonds is 7. The molecule has 0 bridgehead atoms. The molecule has 0 radical (unpaired) electrons. The summed E-state index contributed by atoms with van der Waals surface area (Å²) in [5.41, 5.74) is 0. The molecular weight excluding hydrogens is 204 g/mol. The molecule has 0 aromatic rings. The summed E-state index contributed by atoms with van der Waals surface area (Å²) < 4.78 is 4.75. The lowest BCUT2D eigenvalue weighted by molar-refractivity contribution is -0.143. The van der Waals surface area contributed by atoms with Crippen molar-refractivity contribution in [1.29, 1.82) is 5.26 Å². The normalized spacial score (nSPS) is 14.2. The van der Waals surface area contributed by atoms with E-state index in [2.05, 4.69) is 25.2 Å². The van der Waals surface area contributed by atoms with Crippen molar-refractivity contribution in [2.75, 3.05) is 7.11 Å². The second-order valence-electron chi connectivity index (χ2n) is 4.34. The molecule has 0 saturated carbocycles. The Labute approximate surface area is 98.0 Å². The fourth-order valence-electron chi connectivity index (χ4n) is 1.56. The summed E-state index contributed by atoms with van der Waals surface area (Å²) >= 11 is 0. The predicted molar refractivity (Wildman–Crippen MR) is 62.7 cm³/mol. The SMILES string of the molecule is CCC(CC#N)NC(CC(C)C)C(=O)OC. The molecule has 16 heavy (non-hydrogen) atoms. The first-order valence-corrected chi connectivity index (χ1v) is 5.75. The van der Waals surface area contributed by atoms with Gasteiger partial charge in [0.2, 0.25) is 0 Å². The standard InChI is InChI=1S/C12H22N2O2/c1-5-10(6-7-13)14-11(8-9(2)3)12(15)16-4/h9-11,14H,5-6,8H2,1-4H3. The van der Waals surface area contributed by atoms with Crippen LogP contribution in [0.2, 0.25) is 0 Å². The van der Waals surface area contributed by atoms with Gasteiger partial charge in [0.05, 0.1) is 19.6 Å². The maximum absolute atomic E-state index is 11.5. The van der Waals surface area contributed by atoms with E-state index in [1.54, 1.807) is 0 Å². The van der Waals surface area contributed by atoms with E-state index in [0.29, 0.717) is 12.3 Å². The lowest BCUT2D eigenvalue weighted by Crippen LogP contribution is -2.44. The summed E-state index contributed by atoms with van der Waals surface area (Å²) in [6.45, 7) is 6.12. The molecule has 2 atom stereocenters. The van der Waals surface area contributed by atoms with Gasteiger partial charge in [-0.2, -0.15) is 5.26 Å². The number of nitrogens with one attached hydrogen (secondary N) is 1. The summed E-state index contributed by atoms with van der Waals surface area (Å²) in [5.74, 6) is 0.168. The van der Waals surface area contributed by atoms with Crippen LogP contribution in [0.4, 0.5) is 0 Å². The number of hydrogen-bond donors (Lipinski definition) is 1. The first kappa shape index (κ1) is 14.9. The minimum atomic E-state index is -0.303. The minimum absolute atomic E-state index is 0.0628. The van der Waals surface area contributed by atoms with Crippen LogP contribution in [-0.2, 0) is 9.53 Å². The Kier molecular flexibility index (Phi) is 7.57. The Bertz CT molecular complexity index is 246. The van der Waals surface area contributed by atoms with Crippen molar-refractivity contribution in [1.82, 2.24) is 5.32 Å². The van der Waals surface area contributed by atoms with Crippen molar-refractivity contribution in [2.24, 2.45) is 5.92 Å². The highest BCUT2D eigenvalue weighted by Gasteiger charge is 2.22. The van der Waals surface area contributed by atoms with Crippen LogP contribution >= 0.6 is 0 Å². The average Bonchev–Trinajstić information content (AvgIpc) is 2.25. The first-order valence-electron chi connectivity index (χ1n) is 5.75. The molecule has 0 aliphatic rings. The molecule has 0 fully saturated rings. The van der Waals surface area contributed by atoms with Crippen LogP contribution in [-0.4, -0.2) is 25.2 Å². The number of hydrogen-bond acceptors (Lipinski definition) is 4. The molecule has 0 aliphatic carbocycles. The van der Waals surface area contributed by atoms with Crippen molar-refractivity contribution < 1.29 is 9.53 Å². The van der Waals surface area contributed by atoms with Gasteiger partial charge in [-0.3, -0.25) is 4.79 Å². The number of carbonyl (C=O) groups excluding carboxylic acids is 1. The number of nitriles is 1. The molecule has 0 rings (SSSR count). The molecule has 0 aromatic carbocycles. The number of ether oxygens (including phenoxy) is 1. The van der Waals surface area contributed by atoms with Gasteiger partial charge < -0.3 is 10.1 Å². The molecule has 1 N–H and O–H groups in total. The molecule has 0 amide bonds. The van der Waals surface area contributed by atoms with E-state index in [1.807, 2.05) is 6.92 Å². The Hall–Kier alpha value is -1.08. The molecule has 0 saturated heterocycles. The molecule has 2 unspecified atom stereocenters. The second-order valence-corrected chi connectivity index (χ2v) is 4.34. The highest BCUT2D eigenvalue weighted by molar-refractivity contribution is 5.75. The Morgan fingerprint density at radius 2 is 2.12 bits per heavy atom. The largest absolute Gasteiger partial charge is 0.468 e. The van der Waals surface area contributed by atoms with Crippen LogP contribution in [0.5, 0.6) is 0 Å². The summed E-state index contributed by atoms with van der Waals surface area (Å²) in [5, 5.41) is 11.8. The zero-order chi connectivity index (χ0) is 12.6. The molecule has 0 aliphatic heterocycles. The van der Waals surface area contributed by atoms with E-state index in [1.165, 1.54) is 7.11 Å². The number of nitrogens with zero attached hydrogens (tertiary/aromatic N) is 1. The quantitative estimate of drug-likeness (QED) is 0.673. The van der Waals surface area contributed by atoms with Gasteiger partial charge in [-0.15, -0.1) is 0 Å². The van der Waals surface area contributed by atoms with Gasteiger partial charge in [-0.1, -0.05) is 20.8 Å². The maximum atomic E-state index is 11.5. The lowest BCUT2D eigenvalue weighted by Gasteiger charge is -2.23. The van der Waals surface area contributed by atoms with Crippen LogP contribution < -0.4 is 5.32 Å². The van der Waals surface area contributed by atoms with Gasteiger partial charge in [-0.05, 0) is 18.8 Å². The van der Waals surface area contributed by atoms with E-state index in [0.717, 1.165) is 12.8 Å². The van der Waals surface area contributed by atoms with Crippen LogP contribution in [0, 0.1) is 17.2 Å². The molecule has 0 aromatic heterocycles. The zero-order valence-electron chi connectivity index (χ0n) is 10.6. The summed E-state index contributed by atoms with van der Waals surface area (Å²) in [6, 6.07) is 1.88. The van der Waals surface area contributed by atoms with E-state index in [-0.39, 0.29) is 18.1 Å². The Balaban J connectivity index is 4.40. The van der Waals surface area contributed by atoms with Crippen molar-refractivity contribution in [3.05, 3.63) is 0 Å². The predicted octanol–water partition coefficient (Wildman–Crippen LogP) is 1.86. The first-order chi connectivity index (χ1) is 7.54. The molecule has 4 heteroatoms. The molecular formula is C12H22N2O2. The van der Waals surface area contributed by atoms with Gasteiger partial charge in [0.25, 0.3) is 0 Å². The third-order valence-corrected chi connectivity index (χ3v) is 2.46. The van der Waals surface area contributed by atoms with E-state index >= 15 is 0 Å². The average molecular weight is 226 g/mol. The number of methoxy groups -OCH3 is 1. The highest BCUT2D eigenvalue weighted by atomic mass is 16.5. The lowest BCUT2D eigenvalue weighted by atomic mass is 10.0. The maximum Gasteiger partial charge on any atom is 0.322 e. The van der Waals surface area contributed by atoms with E-state index < -0.39 is 0 Å². The van der Waals surface area contributed by atoms with Gasteiger partial charge in [0, 0.05) is 6.04 Å². The highest BCUT2D eigenvalue weighted by Crippen LogP contribution is 2.09. The topological polar surface area (TPSA) is 62.1 Å². The number of carbonyl (C=O) groups is 1. The Morgan fingerprint density at radius 3 is 2.50 bits per heavy atom. The zero-order valence-corrected chi connectivity index (χ0v) is 10.6. The van der Waals surface area contributed by atoms with Crippen LogP contribution in [0.25, 0.3) is 0 Å². The van der Waals surface area contributed by atoms with Gasteiger partial charge >= 0.3 is 5.97 Å². The molecule has 92 valence electrons. The molecule has 0 spiro atoms. The van der Waals surface area contributed by atoms with Gasteiger partial charge in [-0.25, -0.2) is 0 Å². The van der Waals surface area contributed by atoms with Gasteiger partial charge in [0.15, 0.2) is 0 Å².